The highest BCUT2D eigenvalue weighted by Gasteiger charge is 2.05. The van der Waals surface area contributed by atoms with Crippen LogP contribution in [-0.2, 0) is 0 Å². The minimum Gasteiger partial charge on any atom is -0.431 e. The maximum Gasteiger partial charge on any atom is 0.280 e. The fraction of sp³-hybridized carbons (Fsp3) is 0.100. The molecule has 1 aromatic heterocycles. The summed E-state index contributed by atoms with van der Waals surface area (Å²) in [4.78, 5) is 4.00. The summed E-state index contributed by atoms with van der Waals surface area (Å²) in [7, 11) is 0. The number of rotatable bonds is 2. The van der Waals surface area contributed by atoms with E-state index in [1.807, 2.05) is 19.1 Å². The average Bonchev–Trinajstić information content (AvgIpc) is 2.56. The standard InChI is InChI=1S/C10H7Cl2NOS/c1-6-4-7(11)2-3-8(6)14-10-13-9(12)5-15-10/h2-5H,1H3. The van der Waals surface area contributed by atoms with Gasteiger partial charge in [-0.2, -0.15) is 4.98 Å². The Morgan fingerprint density at radius 1 is 1.33 bits per heavy atom. The molecule has 5 heteroatoms. The van der Waals surface area contributed by atoms with E-state index in [2.05, 4.69) is 4.98 Å². The van der Waals surface area contributed by atoms with E-state index in [1.54, 1.807) is 11.4 Å². The molecule has 0 atom stereocenters. The summed E-state index contributed by atoms with van der Waals surface area (Å²) in [6.07, 6.45) is 0. The van der Waals surface area contributed by atoms with Crippen LogP contribution in [-0.4, -0.2) is 4.98 Å². The van der Waals surface area contributed by atoms with E-state index in [1.165, 1.54) is 11.3 Å². The van der Waals surface area contributed by atoms with Crippen LogP contribution in [0.3, 0.4) is 0 Å². The van der Waals surface area contributed by atoms with E-state index >= 15 is 0 Å². The lowest BCUT2D eigenvalue weighted by molar-refractivity contribution is 0.475. The maximum atomic E-state index is 5.83. The Labute approximate surface area is 101 Å². The number of ether oxygens (including phenoxy) is 1. The van der Waals surface area contributed by atoms with E-state index in [0.717, 1.165) is 11.3 Å². The van der Waals surface area contributed by atoms with Gasteiger partial charge in [-0.05, 0) is 30.7 Å². The summed E-state index contributed by atoms with van der Waals surface area (Å²) in [5.74, 6) is 0.741. The highest BCUT2D eigenvalue weighted by molar-refractivity contribution is 7.11. The van der Waals surface area contributed by atoms with Gasteiger partial charge >= 0.3 is 0 Å². The predicted octanol–water partition coefficient (Wildman–Crippen LogP) is 4.55. The van der Waals surface area contributed by atoms with Gasteiger partial charge in [0.1, 0.15) is 10.9 Å². The predicted molar refractivity (Wildman–Crippen MR) is 63.4 cm³/mol. The number of nitrogens with zero attached hydrogens (tertiary/aromatic N) is 1. The van der Waals surface area contributed by atoms with E-state index in [4.69, 9.17) is 27.9 Å². The first kappa shape index (κ1) is 10.7. The maximum absolute atomic E-state index is 5.83. The molecule has 2 rings (SSSR count). The third-order valence-corrected chi connectivity index (χ3v) is 3.06. The van der Waals surface area contributed by atoms with Gasteiger partial charge in [0, 0.05) is 10.4 Å². The highest BCUT2D eigenvalue weighted by Crippen LogP contribution is 2.30. The molecule has 0 aliphatic rings. The Morgan fingerprint density at radius 2 is 2.13 bits per heavy atom. The first-order valence-corrected chi connectivity index (χ1v) is 5.84. The van der Waals surface area contributed by atoms with E-state index in [0.29, 0.717) is 15.4 Å². The molecule has 0 radical (unpaired) electrons. The largest absolute Gasteiger partial charge is 0.431 e. The van der Waals surface area contributed by atoms with Gasteiger partial charge in [-0.1, -0.05) is 34.5 Å². The molecular weight excluding hydrogens is 253 g/mol. The third-order valence-electron chi connectivity index (χ3n) is 1.79. The number of aromatic nitrogens is 1. The normalized spacial score (nSPS) is 10.3. The van der Waals surface area contributed by atoms with Crippen molar-refractivity contribution in [1.82, 2.24) is 4.98 Å². The van der Waals surface area contributed by atoms with Crippen LogP contribution in [0.4, 0.5) is 0 Å². The SMILES string of the molecule is Cc1cc(Cl)ccc1Oc1nc(Cl)cs1. The zero-order valence-corrected chi connectivity index (χ0v) is 10.2. The smallest absolute Gasteiger partial charge is 0.280 e. The highest BCUT2D eigenvalue weighted by atomic mass is 35.5. The molecule has 0 spiro atoms. The van der Waals surface area contributed by atoms with Gasteiger partial charge in [0.25, 0.3) is 5.19 Å². The van der Waals surface area contributed by atoms with Gasteiger partial charge in [-0.25, -0.2) is 0 Å². The molecular formula is C10H7Cl2NOS. The Morgan fingerprint density at radius 3 is 2.73 bits per heavy atom. The van der Waals surface area contributed by atoms with E-state index in [9.17, 15) is 0 Å². The lowest BCUT2D eigenvalue weighted by atomic mass is 10.2. The monoisotopic (exact) mass is 259 g/mol. The van der Waals surface area contributed by atoms with Crippen LogP contribution in [0, 0.1) is 6.92 Å². The second-order valence-electron chi connectivity index (χ2n) is 2.95. The second-order valence-corrected chi connectivity index (χ2v) is 4.59. The number of thiazole rings is 1. The minimum atomic E-state index is 0.446. The summed E-state index contributed by atoms with van der Waals surface area (Å²) in [6.45, 7) is 1.93. The molecule has 0 unspecified atom stereocenters. The fourth-order valence-electron chi connectivity index (χ4n) is 1.11. The Bertz CT molecular complexity index is 484. The van der Waals surface area contributed by atoms with Crippen LogP contribution in [0.1, 0.15) is 5.56 Å². The molecule has 78 valence electrons. The lowest BCUT2D eigenvalue weighted by Crippen LogP contribution is -1.86. The molecule has 2 nitrogen and oxygen atoms in total. The summed E-state index contributed by atoms with van der Waals surface area (Å²) in [6, 6.07) is 5.43. The average molecular weight is 260 g/mol. The molecule has 0 N–H and O–H groups in total. The molecule has 15 heavy (non-hydrogen) atoms. The summed E-state index contributed by atoms with van der Waals surface area (Å²) < 4.78 is 5.55. The van der Waals surface area contributed by atoms with Crippen molar-refractivity contribution in [2.45, 2.75) is 6.92 Å². The molecule has 1 aromatic carbocycles. The van der Waals surface area contributed by atoms with Crippen molar-refractivity contribution in [2.75, 3.05) is 0 Å². The van der Waals surface area contributed by atoms with Crippen LogP contribution >= 0.6 is 34.5 Å². The van der Waals surface area contributed by atoms with E-state index in [-0.39, 0.29) is 0 Å². The first-order chi connectivity index (χ1) is 7.15. The van der Waals surface area contributed by atoms with Crippen LogP contribution in [0.25, 0.3) is 0 Å². The Balaban J connectivity index is 2.24. The molecule has 2 aromatic rings. The first-order valence-electron chi connectivity index (χ1n) is 4.20. The van der Waals surface area contributed by atoms with Gasteiger partial charge in [-0.3, -0.25) is 0 Å². The van der Waals surface area contributed by atoms with Gasteiger partial charge in [0.15, 0.2) is 0 Å². The Hall–Kier alpha value is -0.770. The van der Waals surface area contributed by atoms with Crippen molar-refractivity contribution in [2.24, 2.45) is 0 Å². The van der Waals surface area contributed by atoms with E-state index < -0.39 is 0 Å². The van der Waals surface area contributed by atoms with Gasteiger partial charge in [-0.15, -0.1) is 0 Å². The van der Waals surface area contributed by atoms with Gasteiger partial charge < -0.3 is 4.74 Å². The Kier molecular flexibility index (Phi) is 3.14. The second kappa shape index (κ2) is 4.39. The van der Waals surface area contributed by atoms with Crippen molar-refractivity contribution in [3.8, 4) is 10.9 Å². The van der Waals surface area contributed by atoms with Crippen molar-refractivity contribution in [3.05, 3.63) is 39.3 Å². The lowest BCUT2D eigenvalue weighted by Gasteiger charge is -2.05. The number of hydrogen-bond acceptors (Lipinski definition) is 3. The molecule has 0 saturated heterocycles. The van der Waals surface area contributed by atoms with Crippen LogP contribution in [0.15, 0.2) is 23.6 Å². The molecule has 0 amide bonds. The fourth-order valence-corrected chi connectivity index (χ4v) is 2.13. The quantitative estimate of drug-likeness (QED) is 0.790. The molecule has 0 aliphatic carbocycles. The van der Waals surface area contributed by atoms with Gasteiger partial charge in [0.05, 0.1) is 0 Å². The van der Waals surface area contributed by atoms with Crippen molar-refractivity contribution < 1.29 is 4.74 Å². The number of aryl methyl sites for hydroxylation is 1. The summed E-state index contributed by atoms with van der Waals surface area (Å²) >= 11 is 12.9. The van der Waals surface area contributed by atoms with Crippen molar-refractivity contribution >= 4 is 34.5 Å². The zero-order chi connectivity index (χ0) is 10.8. The number of hydrogen-bond donors (Lipinski definition) is 0. The topological polar surface area (TPSA) is 22.1 Å². The van der Waals surface area contributed by atoms with Gasteiger partial charge in [0.2, 0.25) is 0 Å². The van der Waals surface area contributed by atoms with Crippen molar-refractivity contribution in [3.63, 3.8) is 0 Å². The van der Waals surface area contributed by atoms with Crippen LogP contribution < -0.4 is 4.74 Å². The third kappa shape index (κ3) is 2.62. The molecule has 0 aliphatic heterocycles. The summed E-state index contributed by atoms with van der Waals surface area (Å²) in [5, 5.41) is 3.39. The number of benzene rings is 1. The zero-order valence-electron chi connectivity index (χ0n) is 7.83. The summed E-state index contributed by atoms with van der Waals surface area (Å²) in [5.41, 5.74) is 0.967. The number of halogens is 2. The molecule has 0 saturated carbocycles. The molecule has 1 heterocycles. The van der Waals surface area contributed by atoms with Crippen LogP contribution in [0.2, 0.25) is 10.2 Å². The molecule has 0 bridgehead atoms. The molecule has 0 fully saturated rings. The van der Waals surface area contributed by atoms with Crippen LogP contribution in [0.5, 0.6) is 10.9 Å². The minimum absolute atomic E-state index is 0.446. The van der Waals surface area contributed by atoms with Crippen molar-refractivity contribution in [1.29, 1.82) is 0 Å².